The first-order chi connectivity index (χ1) is 8.38. The molecule has 98 valence electrons. The Bertz CT molecular complexity index is 281. The van der Waals surface area contributed by atoms with Crippen LogP contribution >= 0.6 is 0 Å². The molecule has 0 aliphatic rings. The van der Waals surface area contributed by atoms with Gasteiger partial charge in [0, 0.05) is 6.54 Å². The molecule has 3 heteroatoms. The molecule has 0 saturated heterocycles. The maximum Gasteiger partial charge on any atom is 0.0725 e. The minimum absolute atomic E-state index is 1.05. The molecule has 0 N–H and O–H groups in total. The van der Waals surface area contributed by atoms with Crippen LogP contribution < -0.4 is 0 Å². The van der Waals surface area contributed by atoms with Gasteiger partial charge in [0.2, 0.25) is 0 Å². The van der Waals surface area contributed by atoms with Crippen molar-refractivity contribution in [3.05, 3.63) is 11.9 Å². The third-order valence-corrected chi connectivity index (χ3v) is 3.21. The number of rotatable bonds is 10. The number of hydrogen-bond acceptors (Lipinski definition) is 2. The molecule has 0 aliphatic carbocycles. The Morgan fingerprint density at radius 3 is 2.41 bits per heavy atom. The fourth-order valence-corrected chi connectivity index (χ4v) is 2.06. The van der Waals surface area contributed by atoms with Gasteiger partial charge >= 0.3 is 0 Å². The Labute approximate surface area is 106 Å². The van der Waals surface area contributed by atoms with Gasteiger partial charge in [-0.3, -0.25) is 0 Å². The lowest BCUT2D eigenvalue weighted by molar-refractivity contribution is 0.500. The van der Waals surface area contributed by atoms with Gasteiger partial charge in [-0.25, -0.2) is 4.68 Å². The highest BCUT2D eigenvalue weighted by atomic mass is 15.4. The van der Waals surface area contributed by atoms with Crippen LogP contribution in [-0.4, -0.2) is 15.0 Å². The van der Waals surface area contributed by atoms with Crippen LogP contribution in [0.25, 0.3) is 0 Å². The van der Waals surface area contributed by atoms with Gasteiger partial charge in [-0.1, -0.05) is 57.6 Å². The molecule has 0 bridgehead atoms. The predicted molar refractivity (Wildman–Crippen MR) is 72.0 cm³/mol. The molecule has 3 nitrogen and oxygen atoms in total. The summed E-state index contributed by atoms with van der Waals surface area (Å²) in [5.74, 6) is 0. The van der Waals surface area contributed by atoms with Crippen molar-refractivity contribution in [3.63, 3.8) is 0 Å². The van der Waals surface area contributed by atoms with Gasteiger partial charge in [0.15, 0.2) is 0 Å². The van der Waals surface area contributed by atoms with E-state index in [1.54, 1.807) is 0 Å². The summed E-state index contributed by atoms with van der Waals surface area (Å²) in [6, 6.07) is 0. The fourth-order valence-electron chi connectivity index (χ4n) is 2.06. The number of nitrogens with zero attached hydrogens (tertiary/aromatic N) is 3. The zero-order valence-corrected chi connectivity index (χ0v) is 11.5. The topological polar surface area (TPSA) is 30.7 Å². The third-order valence-electron chi connectivity index (χ3n) is 3.21. The maximum absolute atomic E-state index is 4.17. The van der Waals surface area contributed by atoms with Crippen LogP contribution in [0.2, 0.25) is 0 Å². The average molecular weight is 237 g/mol. The summed E-state index contributed by atoms with van der Waals surface area (Å²) in [6.07, 6.45) is 13.6. The van der Waals surface area contributed by atoms with Crippen LogP contribution in [0, 0.1) is 0 Å². The highest BCUT2D eigenvalue weighted by molar-refractivity contribution is 4.93. The molecule has 1 rings (SSSR count). The minimum atomic E-state index is 1.05. The monoisotopic (exact) mass is 237 g/mol. The summed E-state index contributed by atoms with van der Waals surface area (Å²) in [6.45, 7) is 5.53. The molecule has 0 fully saturated rings. The van der Waals surface area contributed by atoms with Crippen molar-refractivity contribution >= 4 is 0 Å². The summed E-state index contributed by atoms with van der Waals surface area (Å²) in [5.41, 5.74) is 1.31. The number of aryl methyl sites for hydroxylation is 2. The van der Waals surface area contributed by atoms with Crippen molar-refractivity contribution in [2.24, 2.45) is 0 Å². The van der Waals surface area contributed by atoms with Crippen molar-refractivity contribution in [2.45, 2.75) is 78.2 Å². The van der Waals surface area contributed by atoms with E-state index in [1.807, 2.05) is 6.20 Å². The first-order valence-electron chi connectivity index (χ1n) is 7.25. The standard InChI is InChI=1S/C14H27N3/c1-3-5-7-8-9-10-12-17-14(11-6-4-2)13-15-16-17/h13H,3-12H2,1-2H3. The van der Waals surface area contributed by atoms with Crippen molar-refractivity contribution in [1.82, 2.24) is 15.0 Å². The zero-order valence-electron chi connectivity index (χ0n) is 11.5. The molecule has 0 radical (unpaired) electrons. The smallest absolute Gasteiger partial charge is 0.0725 e. The second-order valence-corrected chi connectivity index (χ2v) is 4.82. The highest BCUT2D eigenvalue weighted by Gasteiger charge is 2.02. The Morgan fingerprint density at radius 1 is 0.941 bits per heavy atom. The Morgan fingerprint density at radius 2 is 1.65 bits per heavy atom. The largest absolute Gasteiger partial charge is 0.249 e. The molecular weight excluding hydrogens is 210 g/mol. The Kier molecular flexibility index (Phi) is 7.69. The highest BCUT2D eigenvalue weighted by Crippen LogP contribution is 2.08. The van der Waals surface area contributed by atoms with Gasteiger partial charge < -0.3 is 0 Å². The van der Waals surface area contributed by atoms with E-state index in [0.717, 1.165) is 13.0 Å². The van der Waals surface area contributed by atoms with E-state index in [4.69, 9.17) is 0 Å². The number of hydrogen-bond donors (Lipinski definition) is 0. The molecule has 0 unspecified atom stereocenters. The molecule has 1 aromatic rings. The zero-order chi connectivity index (χ0) is 12.3. The first kappa shape index (κ1) is 14.2. The third kappa shape index (κ3) is 5.85. The van der Waals surface area contributed by atoms with Gasteiger partial charge in [-0.15, -0.1) is 5.10 Å². The van der Waals surface area contributed by atoms with Gasteiger partial charge in [0.1, 0.15) is 0 Å². The summed E-state index contributed by atoms with van der Waals surface area (Å²) in [4.78, 5) is 0. The van der Waals surface area contributed by atoms with E-state index in [2.05, 4.69) is 28.8 Å². The predicted octanol–water partition coefficient (Wildman–Crippen LogP) is 3.98. The van der Waals surface area contributed by atoms with E-state index in [9.17, 15) is 0 Å². The lowest BCUT2D eigenvalue weighted by atomic mass is 10.1. The summed E-state index contributed by atoms with van der Waals surface area (Å²) < 4.78 is 2.09. The normalized spacial score (nSPS) is 10.9. The van der Waals surface area contributed by atoms with E-state index in [0.29, 0.717) is 0 Å². The van der Waals surface area contributed by atoms with Gasteiger partial charge in [-0.05, 0) is 19.3 Å². The van der Waals surface area contributed by atoms with Crippen LogP contribution in [-0.2, 0) is 13.0 Å². The maximum atomic E-state index is 4.17. The number of unbranched alkanes of at least 4 members (excludes halogenated alkanes) is 6. The lowest BCUT2D eigenvalue weighted by Gasteiger charge is -2.05. The minimum Gasteiger partial charge on any atom is -0.249 e. The fraction of sp³-hybridized carbons (Fsp3) is 0.857. The Hall–Kier alpha value is -0.860. The molecular formula is C14H27N3. The van der Waals surface area contributed by atoms with Crippen LogP contribution in [0.15, 0.2) is 6.20 Å². The van der Waals surface area contributed by atoms with Crippen molar-refractivity contribution in [1.29, 1.82) is 0 Å². The Balaban J connectivity index is 2.15. The lowest BCUT2D eigenvalue weighted by Crippen LogP contribution is -2.05. The molecule has 0 spiro atoms. The molecule has 0 saturated carbocycles. The van der Waals surface area contributed by atoms with E-state index in [-0.39, 0.29) is 0 Å². The van der Waals surface area contributed by atoms with Gasteiger partial charge in [0.25, 0.3) is 0 Å². The summed E-state index contributed by atoms with van der Waals surface area (Å²) in [5, 5.41) is 8.19. The van der Waals surface area contributed by atoms with Crippen LogP contribution in [0.1, 0.15) is 70.9 Å². The SMILES string of the molecule is CCCCCCCCn1nncc1CCCC. The molecule has 1 aromatic heterocycles. The second kappa shape index (κ2) is 9.20. The quantitative estimate of drug-likeness (QED) is 0.576. The van der Waals surface area contributed by atoms with Crippen molar-refractivity contribution in [3.8, 4) is 0 Å². The molecule has 0 aliphatic heterocycles. The molecule has 17 heavy (non-hydrogen) atoms. The van der Waals surface area contributed by atoms with Crippen LogP contribution in [0.4, 0.5) is 0 Å². The average Bonchev–Trinajstić information content (AvgIpc) is 2.78. The van der Waals surface area contributed by atoms with E-state index in [1.165, 1.54) is 57.1 Å². The van der Waals surface area contributed by atoms with Crippen molar-refractivity contribution in [2.75, 3.05) is 0 Å². The first-order valence-corrected chi connectivity index (χ1v) is 7.25. The van der Waals surface area contributed by atoms with Crippen molar-refractivity contribution < 1.29 is 0 Å². The molecule has 1 heterocycles. The van der Waals surface area contributed by atoms with Gasteiger partial charge in [-0.2, -0.15) is 0 Å². The summed E-state index contributed by atoms with van der Waals surface area (Å²) >= 11 is 0. The van der Waals surface area contributed by atoms with Crippen LogP contribution in [0.3, 0.4) is 0 Å². The van der Waals surface area contributed by atoms with E-state index >= 15 is 0 Å². The molecule has 0 aromatic carbocycles. The van der Waals surface area contributed by atoms with E-state index < -0.39 is 0 Å². The number of aromatic nitrogens is 3. The van der Waals surface area contributed by atoms with Crippen LogP contribution in [0.5, 0.6) is 0 Å². The molecule has 0 atom stereocenters. The summed E-state index contributed by atoms with van der Waals surface area (Å²) in [7, 11) is 0. The van der Waals surface area contributed by atoms with Gasteiger partial charge in [0.05, 0.1) is 11.9 Å². The second-order valence-electron chi connectivity index (χ2n) is 4.82. The molecule has 0 amide bonds.